The Balaban J connectivity index is 2.17. The number of hydrogen-bond acceptors (Lipinski definition) is 3. The Hall–Kier alpha value is -0.880. The first-order valence-corrected chi connectivity index (χ1v) is 7.75. The lowest BCUT2D eigenvalue weighted by Gasteiger charge is -2.24. The highest BCUT2D eigenvalue weighted by molar-refractivity contribution is 8.00. The first-order chi connectivity index (χ1) is 9.49. The van der Waals surface area contributed by atoms with Gasteiger partial charge in [-0.15, -0.1) is 13.2 Å². The van der Waals surface area contributed by atoms with Crippen molar-refractivity contribution in [3.63, 3.8) is 0 Å². The molecule has 0 aliphatic carbocycles. The molecule has 0 amide bonds. The molecule has 1 saturated heterocycles. The van der Waals surface area contributed by atoms with Crippen LogP contribution in [-0.2, 0) is 0 Å². The number of thioether (sulfide) groups is 1. The summed E-state index contributed by atoms with van der Waals surface area (Å²) < 4.78 is 40.8. The van der Waals surface area contributed by atoms with Crippen LogP contribution in [-0.4, -0.2) is 23.9 Å². The zero-order chi connectivity index (χ0) is 14.6. The molecule has 0 aromatic heterocycles. The van der Waals surface area contributed by atoms with Gasteiger partial charge in [-0.05, 0) is 42.8 Å². The van der Waals surface area contributed by atoms with Crippen LogP contribution in [0.15, 0.2) is 24.3 Å². The second-order valence-corrected chi connectivity index (χ2v) is 6.05. The monoisotopic (exact) mass is 305 g/mol. The molecular weight excluding hydrogens is 287 g/mol. The maximum atomic E-state index is 12.3. The predicted molar refractivity (Wildman–Crippen MR) is 75.0 cm³/mol. The summed E-state index contributed by atoms with van der Waals surface area (Å²) in [4.78, 5) is 0. The van der Waals surface area contributed by atoms with E-state index in [-0.39, 0.29) is 11.8 Å². The second kappa shape index (κ2) is 6.72. The minimum Gasteiger partial charge on any atom is -0.406 e. The Morgan fingerprint density at radius 1 is 1.45 bits per heavy atom. The normalized spacial score (nSPS) is 20.9. The molecule has 112 valence electrons. The van der Waals surface area contributed by atoms with Crippen LogP contribution in [0, 0.1) is 0 Å². The third kappa shape index (κ3) is 4.31. The van der Waals surface area contributed by atoms with Crippen molar-refractivity contribution in [2.24, 2.45) is 0 Å². The van der Waals surface area contributed by atoms with E-state index in [4.69, 9.17) is 0 Å². The molecule has 1 aromatic carbocycles. The van der Waals surface area contributed by atoms with E-state index in [9.17, 15) is 13.2 Å². The van der Waals surface area contributed by atoms with Crippen molar-refractivity contribution in [3.8, 4) is 5.75 Å². The second-order valence-electron chi connectivity index (χ2n) is 4.71. The maximum absolute atomic E-state index is 12.3. The molecule has 20 heavy (non-hydrogen) atoms. The van der Waals surface area contributed by atoms with Crippen molar-refractivity contribution >= 4 is 11.8 Å². The molecular formula is C14H18F3NOS. The Bertz CT molecular complexity index is 433. The lowest BCUT2D eigenvalue weighted by atomic mass is 10.0. The summed E-state index contributed by atoms with van der Waals surface area (Å²) in [7, 11) is 0. The number of nitrogens with one attached hydrogen (secondary N) is 1. The molecule has 1 fully saturated rings. The fraction of sp³-hybridized carbons (Fsp3) is 0.571. The average Bonchev–Trinajstić information content (AvgIpc) is 2.87. The number of alkyl halides is 3. The summed E-state index contributed by atoms with van der Waals surface area (Å²) in [5.41, 5.74) is 0.855. The zero-order valence-corrected chi connectivity index (χ0v) is 12.1. The molecule has 2 unspecified atom stereocenters. The number of rotatable bonds is 5. The molecule has 0 saturated carbocycles. The standard InChI is InChI=1S/C14H18F3NOS/c1-2-18-13(12-7-4-8-20-12)10-5-3-6-11(9-10)19-14(15,16)17/h3,5-6,9,12-13,18H,2,4,7-8H2,1H3. The molecule has 2 rings (SSSR count). The van der Waals surface area contributed by atoms with E-state index in [0.29, 0.717) is 5.25 Å². The molecule has 0 bridgehead atoms. The summed E-state index contributed by atoms with van der Waals surface area (Å²) in [5, 5.41) is 3.79. The van der Waals surface area contributed by atoms with E-state index in [1.165, 1.54) is 12.1 Å². The van der Waals surface area contributed by atoms with Crippen LogP contribution in [0.25, 0.3) is 0 Å². The molecule has 2 nitrogen and oxygen atoms in total. The van der Waals surface area contributed by atoms with Gasteiger partial charge in [0, 0.05) is 11.3 Å². The first kappa shape index (κ1) is 15.5. The molecule has 1 aromatic rings. The Labute approximate surface area is 121 Å². The molecule has 6 heteroatoms. The van der Waals surface area contributed by atoms with Crippen LogP contribution in [0.3, 0.4) is 0 Å². The van der Waals surface area contributed by atoms with Crippen LogP contribution in [0.2, 0.25) is 0 Å². The van der Waals surface area contributed by atoms with Gasteiger partial charge >= 0.3 is 6.36 Å². The van der Waals surface area contributed by atoms with Gasteiger partial charge in [-0.1, -0.05) is 19.1 Å². The summed E-state index contributed by atoms with van der Waals surface area (Å²) in [6.45, 7) is 2.79. The van der Waals surface area contributed by atoms with Gasteiger partial charge in [0.25, 0.3) is 0 Å². The van der Waals surface area contributed by atoms with Gasteiger partial charge in [-0.3, -0.25) is 0 Å². The van der Waals surface area contributed by atoms with Gasteiger partial charge in [0.05, 0.1) is 0 Å². The molecule has 1 aliphatic heterocycles. The van der Waals surface area contributed by atoms with E-state index in [0.717, 1.165) is 30.7 Å². The van der Waals surface area contributed by atoms with Crippen molar-refractivity contribution in [1.29, 1.82) is 0 Å². The highest BCUT2D eigenvalue weighted by atomic mass is 32.2. The first-order valence-electron chi connectivity index (χ1n) is 6.70. The number of hydrogen-bond donors (Lipinski definition) is 1. The predicted octanol–water partition coefficient (Wildman–Crippen LogP) is 4.13. The van der Waals surface area contributed by atoms with Crippen molar-refractivity contribution in [2.45, 2.75) is 37.4 Å². The van der Waals surface area contributed by atoms with Crippen molar-refractivity contribution in [2.75, 3.05) is 12.3 Å². The lowest BCUT2D eigenvalue weighted by Crippen LogP contribution is -2.29. The van der Waals surface area contributed by atoms with Crippen LogP contribution in [0.1, 0.15) is 31.4 Å². The van der Waals surface area contributed by atoms with Gasteiger partial charge in [-0.2, -0.15) is 11.8 Å². The van der Waals surface area contributed by atoms with E-state index in [2.05, 4.69) is 10.1 Å². The van der Waals surface area contributed by atoms with Crippen molar-refractivity contribution in [1.82, 2.24) is 5.32 Å². The quantitative estimate of drug-likeness (QED) is 0.883. The average molecular weight is 305 g/mol. The lowest BCUT2D eigenvalue weighted by molar-refractivity contribution is -0.274. The number of halogens is 3. The highest BCUT2D eigenvalue weighted by Gasteiger charge is 2.32. The van der Waals surface area contributed by atoms with Gasteiger partial charge in [0.2, 0.25) is 0 Å². The molecule has 2 atom stereocenters. The van der Waals surface area contributed by atoms with Crippen LogP contribution in [0.5, 0.6) is 5.75 Å². The zero-order valence-electron chi connectivity index (χ0n) is 11.2. The van der Waals surface area contributed by atoms with Gasteiger partial charge < -0.3 is 10.1 Å². The summed E-state index contributed by atoms with van der Waals surface area (Å²) in [6, 6.07) is 6.36. The molecule has 1 aliphatic rings. The van der Waals surface area contributed by atoms with E-state index >= 15 is 0 Å². The van der Waals surface area contributed by atoms with Crippen molar-refractivity contribution in [3.05, 3.63) is 29.8 Å². The SMILES string of the molecule is CCNC(c1cccc(OC(F)(F)F)c1)C1CCCS1. The van der Waals surface area contributed by atoms with E-state index in [1.54, 1.807) is 6.07 Å². The Kier molecular flexibility index (Phi) is 5.21. The highest BCUT2D eigenvalue weighted by Crippen LogP contribution is 2.37. The Morgan fingerprint density at radius 3 is 2.85 bits per heavy atom. The summed E-state index contributed by atoms with van der Waals surface area (Å²) in [6.07, 6.45) is -2.39. The molecule has 0 radical (unpaired) electrons. The van der Waals surface area contributed by atoms with Gasteiger partial charge in [-0.25, -0.2) is 0 Å². The summed E-state index contributed by atoms with van der Waals surface area (Å²) >= 11 is 1.88. The van der Waals surface area contributed by atoms with Gasteiger partial charge in [0.1, 0.15) is 5.75 Å². The van der Waals surface area contributed by atoms with Crippen molar-refractivity contribution < 1.29 is 17.9 Å². The van der Waals surface area contributed by atoms with E-state index in [1.807, 2.05) is 24.8 Å². The number of benzene rings is 1. The van der Waals surface area contributed by atoms with Crippen LogP contribution in [0.4, 0.5) is 13.2 Å². The minimum absolute atomic E-state index is 0.0734. The number of ether oxygens (including phenoxy) is 1. The minimum atomic E-state index is -4.64. The van der Waals surface area contributed by atoms with Crippen LogP contribution >= 0.6 is 11.8 Å². The molecule has 1 heterocycles. The smallest absolute Gasteiger partial charge is 0.406 e. The molecule has 0 spiro atoms. The van der Waals surface area contributed by atoms with E-state index < -0.39 is 6.36 Å². The third-order valence-electron chi connectivity index (χ3n) is 3.21. The summed E-state index contributed by atoms with van der Waals surface area (Å²) in [5.74, 6) is 0.964. The molecule has 1 N–H and O–H groups in total. The third-order valence-corrected chi connectivity index (χ3v) is 4.67. The fourth-order valence-corrected chi connectivity index (χ4v) is 3.87. The van der Waals surface area contributed by atoms with Gasteiger partial charge in [0.15, 0.2) is 0 Å². The Morgan fingerprint density at radius 2 is 2.25 bits per heavy atom. The largest absolute Gasteiger partial charge is 0.573 e. The van der Waals surface area contributed by atoms with Crippen LogP contribution < -0.4 is 10.1 Å². The topological polar surface area (TPSA) is 21.3 Å². The fourth-order valence-electron chi connectivity index (χ4n) is 2.45. The maximum Gasteiger partial charge on any atom is 0.573 e.